The predicted octanol–water partition coefficient (Wildman–Crippen LogP) is 3.55. The van der Waals surface area contributed by atoms with Crippen LogP contribution in [0.1, 0.15) is 63.4 Å². The predicted molar refractivity (Wildman–Crippen MR) is 95.3 cm³/mol. The van der Waals surface area contributed by atoms with E-state index in [-0.39, 0.29) is 23.5 Å². The molecular weight excluding hydrogens is 306 g/mol. The number of piperidine rings is 1. The molecule has 134 valence electrons. The summed E-state index contributed by atoms with van der Waals surface area (Å²) in [5.41, 5.74) is 1.76. The highest BCUT2D eigenvalue weighted by Gasteiger charge is 2.21. The summed E-state index contributed by atoms with van der Waals surface area (Å²) in [5.74, 6) is 0.637. The number of Topliss-reactive ketones (excluding diaryl/α,β-unsaturated/α-hetero) is 1. The smallest absolute Gasteiger partial charge is 0.229 e. The van der Waals surface area contributed by atoms with Crippen LogP contribution >= 0.6 is 0 Å². The Kier molecular flexibility index (Phi) is 10.3. The molecule has 5 heteroatoms. The summed E-state index contributed by atoms with van der Waals surface area (Å²) in [7, 11) is 1.62. The van der Waals surface area contributed by atoms with Gasteiger partial charge < -0.3 is 4.74 Å². The topological polar surface area (TPSA) is 72.5 Å². The Labute approximate surface area is 144 Å². The molecule has 1 fully saturated rings. The van der Waals surface area contributed by atoms with E-state index in [1.54, 1.807) is 14.0 Å². The summed E-state index contributed by atoms with van der Waals surface area (Å²) in [5, 5.41) is 2.25. The SMILES string of the molecule is CC.CC1CCC(=O)NC1=O.CCc1c(OC)cccc1C(C)=O. The minimum atomic E-state index is -0.141. The van der Waals surface area contributed by atoms with Crippen LogP contribution in [-0.4, -0.2) is 24.7 Å². The number of imide groups is 1. The molecule has 1 aromatic rings. The number of nitrogens with one attached hydrogen (secondary N) is 1. The van der Waals surface area contributed by atoms with Gasteiger partial charge in [0, 0.05) is 23.5 Å². The third-order valence-electron chi connectivity index (χ3n) is 3.60. The van der Waals surface area contributed by atoms with Gasteiger partial charge in [-0.25, -0.2) is 0 Å². The van der Waals surface area contributed by atoms with Gasteiger partial charge in [0.2, 0.25) is 11.8 Å². The van der Waals surface area contributed by atoms with Crippen molar-refractivity contribution in [2.24, 2.45) is 5.92 Å². The Morgan fingerprint density at radius 1 is 1.29 bits per heavy atom. The Morgan fingerprint density at radius 3 is 2.33 bits per heavy atom. The molecular formula is C19H29NO4. The lowest BCUT2D eigenvalue weighted by Crippen LogP contribution is -2.39. The van der Waals surface area contributed by atoms with E-state index in [2.05, 4.69) is 5.32 Å². The molecule has 1 unspecified atom stereocenters. The van der Waals surface area contributed by atoms with Crippen LogP contribution in [-0.2, 0) is 16.0 Å². The molecule has 5 nitrogen and oxygen atoms in total. The zero-order chi connectivity index (χ0) is 18.7. The first-order chi connectivity index (χ1) is 11.4. The van der Waals surface area contributed by atoms with Crippen molar-refractivity contribution >= 4 is 17.6 Å². The fourth-order valence-corrected chi connectivity index (χ4v) is 2.25. The molecule has 1 atom stereocenters. The van der Waals surface area contributed by atoms with Crippen molar-refractivity contribution in [1.29, 1.82) is 0 Å². The summed E-state index contributed by atoms with van der Waals surface area (Å²) in [6, 6.07) is 5.56. The van der Waals surface area contributed by atoms with E-state index in [0.717, 1.165) is 23.3 Å². The normalized spacial score (nSPS) is 16.0. The second-order valence-corrected chi connectivity index (χ2v) is 5.25. The molecule has 1 saturated heterocycles. The molecule has 2 rings (SSSR count). The maximum atomic E-state index is 11.2. The van der Waals surface area contributed by atoms with Crippen molar-refractivity contribution in [3.05, 3.63) is 29.3 Å². The number of ether oxygens (including phenoxy) is 1. The zero-order valence-electron chi connectivity index (χ0n) is 15.6. The number of methoxy groups -OCH3 is 1. The quantitative estimate of drug-likeness (QED) is 0.677. The summed E-state index contributed by atoms with van der Waals surface area (Å²) >= 11 is 0. The summed E-state index contributed by atoms with van der Waals surface area (Å²) in [4.78, 5) is 32.4. The molecule has 1 aromatic carbocycles. The standard InChI is InChI=1S/C11H14O2.C6H9NO2.C2H6/c1-4-9-10(8(2)12)6-5-7-11(9)13-3;1-4-2-3-5(8)7-6(4)9;1-2/h5-7H,4H2,1-3H3;4H,2-3H2,1H3,(H,7,8,9);1-2H3. The third kappa shape index (κ3) is 6.52. The molecule has 2 amide bonds. The Bertz CT molecular complexity index is 566. The zero-order valence-corrected chi connectivity index (χ0v) is 15.6. The number of carbonyl (C=O) groups is 3. The summed E-state index contributed by atoms with van der Waals surface area (Å²) in [6.07, 6.45) is 2.01. The molecule has 1 N–H and O–H groups in total. The van der Waals surface area contributed by atoms with Crippen LogP contribution in [0.3, 0.4) is 0 Å². The third-order valence-corrected chi connectivity index (χ3v) is 3.60. The van der Waals surface area contributed by atoms with Crippen molar-refractivity contribution in [1.82, 2.24) is 5.32 Å². The molecule has 0 radical (unpaired) electrons. The van der Waals surface area contributed by atoms with Crippen LogP contribution in [0.5, 0.6) is 5.75 Å². The average molecular weight is 335 g/mol. The lowest BCUT2D eigenvalue weighted by atomic mass is 10.0. The second kappa shape index (κ2) is 11.4. The van der Waals surface area contributed by atoms with Gasteiger partial charge in [-0.3, -0.25) is 19.7 Å². The maximum absolute atomic E-state index is 11.2. The molecule has 1 heterocycles. The van der Waals surface area contributed by atoms with Gasteiger partial charge in [0.15, 0.2) is 5.78 Å². The van der Waals surface area contributed by atoms with Crippen molar-refractivity contribution in [2.45, 2.75) is 53.9 Å². The van der Waals surface area contributed by atoms with Crippen LogP contribution in [0, 0.1) is 5.92 Å². The van der Waals surface area contributed by atoms with E-state index in [4.69, 9.17) is 4.74 Å². The molecule has 0 spiro atoms. The highest BCUT2D eigenvalue weighted by atomic mass is 16.5. The summed E-state index contributed by atoms with van der Waals surface area (Å²) < 4.78 is 5.17. The number of carbonyl (C=O) groups excluding carboxylic acids is 3. The number of amides is 2. The van der Waals surface area contributed by atoms with Gasteiger partial charge in [-0.2, -0.15) is 0 Å². The first kappa shape index (κ1) is 21.8. The van der Waals surface area contributed by atoms with Gasteiger partial charge in [-0.05, 0) is 25.8 Å². The number of ketones is 1. The van der Waals surface area contributed by atoms with E-state index < -0.39 is 0 Å². The first-order valence-electron chi connectivity index (χ1n) is 8.41. The van der Waals surface area contributed by atoms with Crippen LogP contribution < -0.4 is 10.1 Å². The monoisotopic (exact) mass is 335 g/mol. The first-order valence-corrected chi connectivity index (χ1v) is 8.41. The number of hydrogen-bond donors (Lipinski definition) is 1. The molecule has 0 aliphatic carbocycles. The van der Waals surface area contributed by atoms with Gasteiger partial charge >= 0.3 is 0 Å². The number of benzene rings is 1. The molecule has 0 saturated carbocycles. The van der Waals surface area contributed by atoms with Gasteiger partial charge in [0.1, 0.15) is 5.75 Å². The average Bonchev–Trinajstić information content (AvgIpc) is 2.59. The van der Waals surface area contributed by atoms with Gasteiger partial charge in [-0.1, -0.05) is 39.8 Å². The van der Waals surface area contributed by atoms with Crippen molar-refractivity contribution in [3.63, 3.8) is 0 Å². The van der Waals surface area contributed by atoms with Gasteiger partial charge in [0.05, 0.1) is 7.11 Å². The Hall–Kier alpha value is -2.17. The van der Waals surface area contributed by atoms with E-state index >= 15 is 0 Å². The fraction of sp³-hybridized carbons (Fsp3) is 0.526. The molecule has 1 aliphatic heterocycles. The highest BCUT2D eigenvalue weighted by molar-refractivity contribution is 5.98. The van der Waals surface area contributed by atoms with Gasteiger partial charge in [-0.15, -0.1) is 0 Å². The fourth-order valence-electron chi connectivity index (χ4n) is 2.25. The maximum Gasteiger partial charge on any atom is 0.229 e. The largest absolute Gasteiger partial charge is 0.496 e. The minimum Gasteiger partial charge on any atom is -0.496 e. The Morgan fingerprint density at radius 2 is 1.92 bits per heavy atom. The molecule has 0 aromatic heterocycles. The lowest BCUT2D eigenvalue weighted by Gasteiger charge is -2.15. The van der Waals surface area contributed by atoms with Crippen molar-refractivity contribution in [3.8, 4) is 5.75 Å². The number of rotatable bonds is 3. The van der Waals surface area contributed by atoms with E-state index in [1.165, 1.54) is 0 Å². The molecule has 0 bridgehead atoms. The van der Waals surface area contributed by atoms with Crippen molar-refractivity contribution in [2.75, 3.05) is 7.11 Å². The minimum absolute atomic E-state index is 0.0164. The van der Waals surface area contributed by atoms with E-state index in [0.29, 0.717) is 12.8 Å². The van der Waals surface area contributed by atoms with Crippen molar-refractivity contribution < 1.29 is 19.1 Å². The Balaban J connectivity index is 0.000000420. The lowest BCUT2D eigenvalue weighted by molar-refractivity contribution is -0.135. The van der Waals surface area contributed by atoms with Crippen LogP contribution in [0.25, 0.3) is 0 Å². The number of hydrogen-bond acceptors (Lipinski definition) is 4. The van der Waals surface area contributed by atoms with E-state index in [1.807, 2.05) is 45.9 Å². The van der Waals surface area contributed by atoms with E-state index in [9.17, 15) is 14.4 Å². The van der Waals surface area contributed by atoms with Gasteiger partial charge in [0.25, 0.3) is 0 Å². The highest BCUT2D eigenvalue weighted by Crippen LogP contribution is 2.22. The van der Waals surface area contributed by atoms with Crippen LogP contribution in [0.15, 0.2) is 18.2 Å². The van der Waals surface area contributed by atoms with Crippen LogP contribution in [0.2, 0.25) is 0 Å². The second-order valence-electron chi connectivity index (χ2n) is 5.25. The van der Waals surface area contributed by atoms with Crippen LogP contribution in [0.4, 0.5) is 0 Å². The molecule has 24 heavy (non-hydrogen) atoms. The molecule has 1 aliphatic rings. The summed E-state index contributed by atoms with van der Waals surface area (Å²) in [6.45, 7) is 9.42.